The zero-order chi connectivity index (χ0) is 14.4. The molecule has 1 fully saturated rings. The van der Waals surface area contributed by atoms with Crippen LogP contribution in [0.15, 0.2) is 24.3 Å². The fraction of sp³-hybridized carbons (Fsp3) is 0.533. The topological polar surface area (TPSA) is 38.8 Å². The standard InChI is InChI=1S/C15H20ClNO3/c1-19-13-4-2-12(3-5-13)15(18)17-9-6-14(7-10-17)20-11-8-16/h2-5,14H,6-11H2,1H3. The van der Waals surface area contributed by atoms with Crippen LogP contribution in [0.2, 0.25) is 0 Å². The van der Waals surface area contributed by atoms with E-state index >= 15 is 0 Å². The Labute approximate surface area is 124 Å². The van der Waals surface area contributed by atoms with Crippen LogP contribution < -0.4 is 4.74 Å². The summed E-state index contributed by atoms with van der Waals surface area (Å²) in [6, 6.07) is 7.22. The number of carbonyl (C=O) groups is 1. The summed E-state index contributed by atoms with van der Waals surface area (Å²) < 4.78 is 10.7. The lowest BCUT2D eigenvalue weighted by atomic mass is 10.1. The lowest BCUT2D eigenvalue weighted by Gasteiger charge is -2.32. The van der Waals surface area contributed by atoms with Gasteiger partial charge in [-0.25, -0.2) is 0 Å². The molecule has 1 aliphatic rings. The quantitative estimate of drug-likeness (QED) is 0.784. The van der Waals surface area contributed by atoms with Crippen molar-refractivity contribution >= 4 is 17.5 Å². The molecule has 0 aromatic heterocycles. The van der Waals surface area contributed by atoms with Gasteiger partial charge in [0.15, 0.2) is 0 Å². The molecule has 1 heterocycles. The van der Waals surface area contributed by atoms with E-state index in [1.54, 1.807) is 19.2 Å². The third-order valence-corrected chi connectivity index (χ3v) is 3.65. The summed E-state index contributed by atoms with van der Waals surface area (Å²) in [6.45, 7) is 2.05. The van der Waals surface area contributed by atoms with Crippen molar-refractivity contribution in [1.29, 1.82) is 0 Å². The van der Waals surface area contributed by atoms with Gasteiger partial charge >= 0.3 is 0 Å². The molecule has 0 aliphatic carbocycles. The van der Waals surface area contributed by atoms with Gasteiger partial charge in [0.05, 0.1) is 19.8 Å². The van der Waals surface area contributed by atoms with E-state index < -0.39 is 0 Å². The normalized spacial score (nSPS) is 16.2. The lowest BCUT2D eigenvalue weighted by Crippen LogP contribution is -2.41. The van der Waals surface area contributed by atoms with Crippen molar-refractivity contribution in [3.05, 3.63) is 29.8 Å². The van der Waals surface area contributed by atoms with Crippen molar-refractivity contribution in [2.45, 2.75) is 18.9 Å². The zero-order valence-corrected chi connectivity index (χ0v) is 12.4. The SMILES string of the molecule is COc1ccc(C(=O)N2CCC(OCCCl)CC2)cc1. The van der Waals surface area contributed by atoms with Gasteiger partial charge in [0.1, 0.15) is 5.75 Å². The Hall–Kier alpha value is -1.26. The zero-order valence-electron chi connectivity index (χ0n) is 11.7. The number of carbonyl (C=O) groups excluding carboxylic acids is 1. The molecule has 5 heteroatoms. The molecule has 0 radical (unpaired) electrons. The summed E-state index contributed by atoms with van der Waals surface area (Å²) >= 11 is 5.60. The van der Waals surface area contributed by atoms with Crippen molar-refractivity contribution in [2.75, 3.05) is 32.7 Å². The van der Waals surface area contributed by atoms with Gasteiger partial charge in [-0.05, 0) is 37.1 Å². The lowest BCUT2D eigenvalue weighted by molar-refractivity contribution is 0.0154. The van der Waals surface area contributed by atoms with E-state index in [0.29, 0.717) is 18.1 Å². The number of rotatable bonds is 5. The summed E-state index contributed by atoms with van der Waals surface area (Å²) in [6.07, 6.45) is 1.98. The molecule has 1 saturated heterocycles. The number of nitrogens with zero attached hydrogens (tertiary/aromatic N) is 1. The van der Waals surface area contributed by atoms with Gasteiger partial charge in [0, 0.05) is 24.5 Å². The molecule has 0 N–H and O–H groups in total. The number of piperidine rings is 1. The van der Waals surface area contributed by atoms with Gasteiger partial charge in [-0.3, -0.25) is 4.79 Å². The third kappa shape index (κ3) is 3.87. The molecule has 1 aliphatic heterocycles. The molecular weight excluding hydrogens is 278 g/mol. The third-order valence-electron chi connectivity index (χ3n) is 3.50. The van der Waals surface area contributed by atoms with Crippen LogP contribution in [0.1, 0.15) is 23.2 Å². The van der Waals surface area contributed by atoms with Crippen LogP contribution in [-0.2, 0) is 4.74 Å². The number of hydrogen-bond donors (Lipinski definition) is 0. The first-order chi connectivity index (χ1) is 9.74. The van der Waals surface area contributed by atoms with Crippen molar-refractivity contribution < 1.29 is 14.3 Å². The highest BCUT2D eigenvalue weighted by Crippen LogP contribution is 2.18. The molecule has 4 nitrogen and oxygen atoms in total. The fourth-order valence-corrected chi connectivity index (χ4v) is 2.44. The highest BCUT2D eigenvalue weighted by molar-refractivity contribution is 6.17. The minimum atomic E-state index is 0.0726. The fourth-order valence-electron chi connectivity index (χ4n) is 2.35. The number of halogens is 1. The van der Waals surface area contributed by atoms with Gasteiger partial charge in [-0.1, -0.05) is 0 Å². The van der Waals surface area contributed by atoms with E-state index in [1.807, 2.05) is 17.0 Å². The first-order valence-corrected chi connectivity index (χ1v) is 7.39. The summed E-state index contributed by atoms with van der Waals surface area (Å²) in [5, 5.41) is 0. The van der Waals surface area contributed by atoms with Crippen LogP contribution >= 0.6 is 11.6 Å². The van der Waals surface area contributed by atoms with Gasteiger partial charge in [-0.15, -0.1) is 11.6 Å². The maximum absolute atomic E-state index is 12.3. The van der Waals surface area contributed by atoms with Crippen LogP contribution in [0.3, 0.4) is 0 Å². The molecule has 0 bridgehead atoms. The largest absolute Gasteiger partial charge is 0.497 e. The minimum Gasteiger partial charge on any atom is -0.497 e. The number of amides is 1. The predicted octanol–water partition coefficient (Wildman–Crippen LogP) is 2.56. The van der Waals surface area contributed by atoms with Crippen LogP contribution in [0, 0.1) is 0 Å². The smallest absolute Gasteiger partial charge is 0.253 e. The molecule has 1 amide bonds. The predicted molar refractivity (Wildman–Crippen MR) is 78.6 cm³/mol. The van der Waals surface area contributed by atoms with Gasteiger partial charge in [0.25, 0.3) is 5.91 Å². The molecule has 1 aromatic rings. The second kappa shape index (κ2) is 7.50. The summed E-state index contributed by atoms with van der Waals surface area (Å²) in [5.74, 6) is 1.35. The van der Waals surface area contributed by atoms with Crippen LogP contribution in [0.25, 0.3) is 0 Å². The van der Waals surface area contributed by atoms with Crippen LogP contribution in [0.4, 0.5) is 0 Å². The van der Waals surface area contributed by atoms with E-state index in [9.17, 15) is 4.79 Å². The van der Waals surface area contributed by atoms with Crippen LogP contribution in [-0.4, -0.2) is 49.6 Å². The Balaban J connectivity index is 1.87. The second-order valence-corrected chi connectivity index (χ2v) is 5.16. The Kier molecular flexibility index (Phi) is 5.68. The van der Waals surface area contributed by atoms with E-state index in [0.717, 1.165) is 31.7 Å². The molecule has 0 unspecified atom stereocenters. The van der Waals surface area contributed by atoms with Crippen LogP contribution in [0.5, 0.6) is 5.75 Å². The first-order valence-electron chi connectivity index (χ1n) is 6.85. The molecule has 110 valence electrons. The highest BCUT2D eigenvalue weighted by atomic mass is 35.5. The minimum absolute atomic E-state index is 0.0726. The monoisotopic (exact) mass is 297 g/mol. The number of hydrogen-bond acceptors (Lipinski definition) is 3. The van der Waals surface area contributed by atoms with E-state index in [-0.39, 0.29) is 12.0 Å². The van der Waals surface area contributed by atoms with E-state index in [4.69, 9.17) is 21.1 Å². The number of benzene rings is 1. The molecular formula is C15H20ClNO3. The Morgan fingerprint density at radius 3 is 2.50 bits per heavy atom. The summed E-state index contributed by atoms with van der Waals surface area (Å²) in [4.78, 5) is 14.2. The first kappa shape index (κ1) is 15.1. The van der Waals surface area contributed by atoms with E-state index in [1.165, 1.54) is 0 Å². The van der Waals surface area contributed by atoms with Gasteiger partial charge in [0.2, 0.25) is 0 Å². The summed E-state index contributed by atoms with van der Waals surface area (Å²) in [7, 11) is 1.61. The Morgan fingerprint density at radius 2 is 1.95 bits per heavy atom. The van der Waals surface area contributed by atoms with E-state index in [2.05, 4.69) is 0 Å². The van der Waals surface area contributed by atoms with Crippen molar-refractivity contribution in [3.8, 4) is 5.75 Å². The van der Waals surface area contributed by atoms with Crippen molar-refractivity contribution in [1.82, 2.24) is 4.90 Å². The Morgan fingerprint density at radius 1 is 1.30 bits per heavy atom. The number of likely N-dealkylation sites (tertiary alicyclic amines) is 1. The van der Waals surface area contributed by atoms with Crippen molar-refractivity contribution in [3.63, 3.8) is 0 Å². The maximum Gasteiger partial charge on any atom is 0.253 e. The maximum atomic E-state index is 12.3. The number of methoxy groups -OCH3 is 1. The van der Waals surface area contributed by atoms with Crippen molar-refractivity contribution in [2.24, 2.45) is 0 Å². The van der Waals surface area contributed by atoms with Gasteiger partial charge < -0.3 is 14.4 Å². The average Bonchev–Trinajstić information content (AvgIpc) is 2.53. The number of ether oxygens (including phenoxy) is 2. The summed E-state index contributed by atoms with van der Waals surface area (Å²) in [5.41, 5.74) is 0.700. The molecule has 1 aromatic carbocycles. The molecule has 0 spiro atoms. The number of alkyl halides is 1. The Bertz CT molecular complexity index is 427. The molecule has 20 heavy (non-hydrogen) atoms. The highest BCUT2D eigenvalue weighted by Gasteiger charge is 2.23. The second-order valence-electron chi connectivity index (χ2n) is 4.78. The molecule has 2 rings (SSSR count). The molecule has 0 saturated carbocycles. The van der Waals surface area contributed by atoms with Gasteiger partial charge in [-0.2, -0.15) is 0 Å². The average molecular weight is 298 g/mol. The molecule has 0 atom stereocenters.